The van der Waals surface area contributed by atoms with E-state index in [4.69, 9.17) is 5.84 Å². The Labute approximate surface area is 125 Å². The number of benzene rings is 1. The number of nitrogens with two attached hydrogens (primary N) is 1. The molecule has 19 heavy (non-hydrogen) atoms. The van der Waals surface area contributed by atoms with Gasteiger partial charge >= 0.3 is 0 Å². The van der Waals surface area contributed by atoms with Crippen molar-refractivity contribution in [3.63, 3.8) is 0 Å². The molecule has 0 amide bonds. The standard InChI is InChI=1S/C16H25BrN2/c1-3-12-5-7-13(8-6-12)16(19-18)14-10-11(2)4-9-15(14)17/h4,9-10,12-13,16,19H,3,5-8,18H2,1-2H3. The molecule has 2 nitrogen and oxygen atoms in total. The maximum Gasteiger partial charge on any atom is 0.0499 e. The van der Waals surface area contributed by atoms with Crippen LogP contribution in [-0.2, 0) is 0 Å². The van der Waals surface area contributed by atoms with Crippen LogP contribution in [0.2, 0.25) is 0 Å². The molecule has 2 rings (SSSR count). The molecule has 1 aromatic rings. The molecule has 1 aliphatic rings. The van der Waals surface area contributed by atoms with Gasteiger partial charge < -0.3 is 0 Å². The van der Waals surface area contributed by atoms with E-state index in [0.29, 0.717) is 5.92 Å². The van der Waals surface area contributed by atoms with Gasteiger partial charge in [-0.2, -0.15) is 0 Å². The normalized spacial score (nSPS) is 25.3. The van der Waals surface area contributed by atoms with Crippen LogP contribution in [0, 0.1) is 18.8 Å². The summed E-state index contributed by atoms with van der Waals surface area (Å²) in [4.78, 5) is 0. The van der Waals surface area contributed by atoms with Crippen molar-refractivity contribution in [2.24, 2.45) is 17.7 Å². The molecule has 0 aliphatic heterocycles. The van der Waals surface area contributed by atoms with Crippen molar-refractivity contribution < 1.29 is 0 Å². The number of nitrogens with one attached hydrogen (secondary N) is 1. The number of halogens is 1. The van der Waals surface area contributed by atoms with E-state index in [2.05, 4.69) is 53.4 Å². The molecule has 1 unspecified atom stereocenters. The SMILES string of the molecule is CCC1CCC(C(NN)c2cc(C)ccc2Br)CC1. The Hall–Kier alpha value is -0.380. The lowest BCUT2D eigenvalue weighted by atomic mass is 9.76. The molecule has 0 bridgehead atoms. The second-order valence-corrected chi connectivity index (χ2v) is 6.71. The first kappa shape index (κ1) is 15.0. The predicted octanol–water partition coefficient (Wildman–Crippen LogP) is 4.48. The smallest absolute Gasteiger partial charge is 0.0499 e. The van der Waals surface area contributed by atoms with Crippen LogP contribution < -0.4 is 11.3 Å². The summed E-state index contributed by atoms with van der Waals surface area (Å²) in [5, 5.41) is 0. The Bertz CT molecular complexity index is 411. The molecule has 106 valence electrons. The summed E-state index contributed by atoms with van der Waals surface area (Å²) >= 11 is 3.67. The van der Waals surface area contributed by atoms with Crippen molar-refractivity contribution >= 4 is 15.9 Å². The number of rotatable bonds is 4. The monoisotopic (exact) mass is 324 g/mol. The highest BCUT2D eigenvalue weighted by atomic mass is 79.9. The van der Waals surface area contributed by atoms with Gasteiger partial charge in [0.05, 0.1) is 0 Å². The van der Waals surface area contributed by atoms with Crippen LogP contribution in [0.5, 0.6) is 0 Å². The Morgan fingerprint density at radius 2 is 2.00 bits per heavy atom. The summed E-state index contributed by atoms with van der Waals surface area (Å²) in [6.45, 7) is 4.44. The largest absolute Gasteiger partial charge is 0.271 e. The van der Waals surface area contributed by atoms with Crippen LogP contribution in [0.1, 0.15) is 56.2 Å². The van der Waals surface area contributed by atoms with Gasteiger partial charge in [-0.05, 0) is 43.2 Å². The molecule has 3 N–H and O–H groups in total. The lowest BCUT2D eigenvalue weighted by Crippen LogP contribution is -2.35. The zero-order valence-corrected chi connectivity index (χ0v) is 13.5. The minimum atomic E-state index is 0.270. The molecule has 1 aliphatic carbocycles. The van der Waals surface area contributed by atoms with Crippen LogP contribution in [0.25, 0.3) is 0 Å². The fourth-order valence-corrected chi connectivity index (χ4v) is 3.80. The first-order valence-electron chi connectivity index (χ1n) is 7.37. The van der Waals surface area contributed by atoms with Gasteiger partial charge in [0.1, 0.15) is 0 Å². The average molecular weight is 325 g/mol. The molecule has 1 aromatic carbocycles. The summed E-state index contributed by atoms with van der Waals surface area (Å²) in [7, 11) is 0. The van der Waals surface area contributed by atoms with Gasteiger partial charge in [-0.25, -0.2) is 0 Å². The molecular weight excluding hydrogens is 300 g/mol. The zero-order chi connectivity index (χ0) is 13.8. The third kappa shape index (κ3) is 3.59. The quantitative estimate of drug-likeness (QED) is 0.633. The third-order valence-corrected chi connectivity index (χ3v) is 5.33. The van der Waals surface area contributed by atoms with Gasteiger partial charge in [0.2, 0.25) is 0 Å². The fourth-order valence-electron chi connectivity index (χ4n) is 3.31. The molecule has 0 heterocycles. The molecule has 3 heteroatoms. The molecule has 0 spiro atoms. The number of aryl methyl sites for hydroxylation is 1. The van der Waals surface area contributed by atoms with E-state index in [1.807, 2.05) is 0 Å². The van der Waals surface area contributed by atoms with Crippen LogP contribution in [0.3, 0.4) is 0 Å². The van der Waals surface area contributed by atoms with E-state index in [1.54, 1.807) is 0 Å². The maximum atomic E-state index is 5.85. The van der Waals surface area contributed by atoms with Crippen molar-refractivity contribution in [2.75, 3.05) is 0 Å². The Kier molecular flexibility index (Phi) is 5.43. The Morgan fingerprint density at radius 3 is 2.58 bits per heavy atom. The minimum Gasteiger partial charge on any atom is -0.271 e. The second-order valence-electron chi connectivity index (χ2n) is 5.86. The van der Waals surface area contributed by atoms with E-state index in [1.165, 1.54) is 47.7 Å². The van der Waals surface area contributed by atoms with E-state index >= 15 is 0 Å². The Balaban J connectivity index is 2.14. The zero-order valence-electron chi connectivity index (χ0n) is 12.0. The summed E-state index contributed by atoms with van der Waals surface area (Å²) in [5.74, 6) is 7.44. The summed E-state index contributed by atoms with van der Waals surface area (Å²) in [5.41, 5.74) is 5.66. The van der Waals surface area contributed by atoms with Crippen molar-refractivity contribution in [3.05, 3.63) is 33.8 Å². The van der Waals surface area contributed by atoms with Crippen LogP contribution >= 0.6 is 15.9 Å². The fraction of sp³-hybridized carbons (Fsp3) is 0.625. The highest BCUT2D eigenvalue weighted by Gasteiger charge is 2.28. The number of hydrogen-bond acceptors (Lipinski definition) is 2. The van der Waals surface area contributed by atoms with Gasteiger partial charge in [-0.3, -0.25) is 11.3 Å². The predicted molar refractivity (Wildman–Crippen MR) is 84.7 cm³/mol. The van der Waals surface area contributed by atoms with Crippen LogP contribution in [-0.4, -0.2) is 0 Å². The van der Waals surface area contributed by atoms with Gasteiger partial charge in [-0.1, -0.05) is 59.8 Å². The van der Waals surface area contributed by atoms with Crippen LogP contribution in [0.4, 0.5) is 0 Å². The van der Waals surface area contributed by atoms with Gasteiger partial charge in [0.15, 0.2) is 0 Å². The highest BCUT2D eigenvalue weighted by Crippen LogP contribution is 2.39. The van der Waals surface area contributed by atoms with Crippen LogP contribution in [0.15, 0.2) is 22.7 Å². The van der Waals surface area contributed by atoms with Crippen molar-refractivity contribution in [1.82, 2.24) is 5.43 Å². The van der Waals surface area contributed by atoms with Crippen molar-refractivity contribution in [2.45, 2.75) is 52.0 Å². The average Bonchev–Trinajstić information content (AvgIpc) is 2.44. The first-order chi connectivity index (χ1) is 9.15. The molecule has 1 saturated carbocycles. The van der Waals surface area contributed by atoms with E-state index in [-0.39, 0.29) is 6.04 Å². The van der Waals surface area contributed by atoms with Gasteiger partial charge in [0.25, 0.3) is 0 Å². The van der Waals surface area contributed by atoms with E-state index in [0.717, 1.165) is 5.92 Å². The molecule has 0 aromatic heterocycles. The summed E-state index contributed by atoms with van der Waals surface area (Å²) in [6, 6.07) is 6.79. The summed E-state index contributed by atoms with van der Waals surface area (Å²) in [6.07, 6.45) is 6.59. The van der Waals surface area contributed by atoms with Gasteiger partial charge in [0, 0.05) is 10.5 Å². The topological polar surface area (TPSA) is 38.0 Å². The molecule has 1 fully saturated rings. The van der Waals surface area contributed by atoms with E-state index in [9.17, 15) is 0 Å². The lowest BCUT2D eigenvalue weighted by Gasteiger charge is -2.34. The lowest BCUT2D eigenvalue weighted by molar-refractivity contribution is 0.219. The molecule has 0 radical (unpaired) electrons. The molecular formula is C16H25BrN2. The third-order valence-electron chi connectivity index (χ3n) is 4.61. The molecule has 0 saturated heterocycles. The molecule has 1 atom stereocenters. The minimum absolute atomic E-state index is 0.270. The first-order valence-corrected chi connectivity index (χ1v) is 8.17. The van der Waals surface area contributed by atoms with Crippen molar-refractivity contribution in [1.29, 1.82) is 0 Å². The maximum absolute atomic E-state index is 5.85. The number of hydrogen-bond donors (Lipinski definition) is 2. The van der Waals surface area contributed by atoms with Gasteiger partial charge in [-0.15, -0.1) is 0 Å². The Morgan fingerprint density at radius 1 is 1.32 bits per heavy atom. The summed E-state index contributed by atoms with van der Waals surface area (Å²) < 4.78 is 1.17. The number of hydrazine groups is 1. The second kappa shape index (κ2) is 6.87. The van der Waals surface area contributed by atoms with E-state index < -0.39 is 0 Å². The highest BCUT2D eigenvalue weighted by molar-refractivity contribution is 9.10. The van der Waals surface area contributed by atoms with Crippen molar-refractivity contribution in [3.8, 4) is 0 Å².